The van der Waals surface area contributed by atoms with E-state index >= 15 is 0 Å². The van der Waals surface area contributed by atoms with E-state index in [0.717, 1.165) is 24.6 Å². The van der Waals surface area contributed by atoms with Gasteiger partial charge in [-0.15, -0.1) is 0 Å². The highest BCUT2D eigenvalue weighted by atomic mass is 32.2. The number of sulfonamides is 1. The molecule has 2 aromatic rings. The molecular weight excluding hydrogens is 451 g/mol. The van der Waals surface area contributed by atoms with Gasteiger partial charge in [-0.25, -0.2) is 17.6 Å². The minimum atomic E-state index is -4.10. The molecule has 0 saturated carbocycles. The number of nitrogens with zero attached hydrogens (tertiary/aromatic N) is 1. The highest BCUT2D eigenvalue weighted by Crippen LogP contribution is 2.24. The van der Waals surface area contributed by atoms with Gasteiger partial charge in [0.1, 0.15) is 10.7 Å². The summed E-state index contributed by atoms with van der Waals surface area (Å²) in [6.07, 6.45) is 1.11. The molecule has 1 fully saturated rings. The van der Waals surface area contributed by atoms with Gasteiger partial charge in [0.15, 0.2) is 6.10 Å². The maximum atomic E-state index is 14.4. The van der Waals surface area contributed by atoms with Crippen LogP contribution in [0.15, 0.2) is 47.4 Å². The Kier molecular flexibility index (Phi) is 7.60. The first-order valence-electron chi connectivity index (χ1n) is 10.5. The summed E-state index contributed by atoms with van der Waals surface area (Å²) in [5, 5.41) is 2.58. The Bertz CT molecular complexity index is 1160. The third kappa shape index (κ3) is 5.82. The summed E-state index contributed by atoms with van der Waals surface area (Å²) in [5.74, 6) is -2.64. The van der Waals surface area contributed by atoms with E-state index in [1.807, 2.05) is 0 Å². The minimum absolute atomic E-state index is 0.173. The fraction of sp³-hybridized carbons (Fsp3) is 0.348. The third-order valence-electron chi connectivity index (χ3n) is 5.24. The molecule has 1 atom stereocenters. The number of Topliss-reactive ketones (excluding diaryl/α,β-unsaturated/α-hetero) is 1. The molecule has 2 aromatic carbocycles. The van der Waals surface area contributed by atoms with Crippen molar-refractivity contribution in [2.24, 2.45) is 0 Å². The van der Waals surface area contributed by atoms with Crippen LogP contribution in [0.2, 0.25) is 0 Å². The number of hydrogen-bond acceptors (Lipinski definition) is 6. The molecule has 1 amide bonds. The zero-order chi connectivity index (χ0) is 24.2. The van der Waals surface area contributed by atoms with E-state index in [0.29, 0.717) is 31.6 Å². The lowest BCUT2D eigenvalue weighted by Crippen LogP contribution is -2.36. The van der Waals surface area contributed by atoms with E-state index in [4.69, 9.17) is 4.74 Å². The minimum Gasteiger partial charge on any atom is -0.451 e. The smallest absolute Gasteiger partial charge is 0.338 e. The lowest BCUT2D eigenvalue weighted by atomic mass is 10.1. The van der Waals surface area contributed by atoms with Crippen molar-refractivity contribution < 1.29 is 31.9 Å². The molecule has 1 aliphatic rings. The van der Waals surface area contributed by atoms with Crippen molar-refractivity contribution in [3.8, 4) is 0 Å². The highest BCUT2D eigenvalue weighted by Gasteiger charge is 2.30. The first-order chi connectivity index (χ1) is 15.6. The van der Waals surface area contributed by atoms with Gasteiger partial charge in [-0.05, 0) is 62.2 Å². The number of benzene rings is 2. The molecule has 33 heavy (non-hydrogen) atoms. The number of esters is 1. The molecule has 176 valence electrons. The molecule has 0 aliphatic carbocycles. The van der Waals surface area contributed by atoms with Crippen LogP contribution in [0.5, 0.6) is 0 Å². The zero-order valence-electron chi connectivity index (χ0n) is 18.3. The quantitative estimate of drug-likeness (QED) is 0.485. The van der Waals surface area contributed by atoms with Crippen LogP contribution in [-0.2, 0) is 19.6 Å². The first-order valence-corrected chi connectivity index (χ1v) is 12.0. The number of carbonyl (C=O) groups excluding carboxylic acids is 3. The predicted molar refractivity (Wildman–Crippen MR) is 119 cm³/mol. The maximum Gasteiger partial charge on any atom is 0.338 e. The Labute approximate surface area is 191 Å². The number of hydrogen-bond donors (Lipinski definition) is 1. The van der Waals surface area contributed by atoms with Crippen molar-refractivity contribution in [1.82, 2.24) is 4.31 Å². The summed E-state index contributed by atoms with van der Waals surface area (Å²) in [6, 6.07) is 9.02. The van der Waals surface area contributed by atoms with Gasteiger partial charge >= 0.3 is 5.97 Å². The van der Waals surface area contributed by atoms with Crippen molar-refractivity contribution in [1.29, 1.82) is 0 Å². The third-order valence-corrected chi connectivity index (χ3v) is 7.16. The fourth-order valence-electron chi connectivity index (χ4n) is 3.51. The summed E-state index contributed by atoms with van der Waals surface area (Å²) in [6.45, 7) is 3.33. The molecule has 0 spiro atoms. The standard InChI is InChI=1S/C23H25FN2O6S/c1-15(22(28)17-6-9-19(10-7-17)25-16(2)27)32-23(29)18-8-11-20(24)21(14-18)33(30,31)26-12-4-3-5-13-26/h6-11,14-15H,3-5,12-13H2,1-2H3,(H,25,27). The first kappa shape index (κ1) is 24.5. The van der Waals surface area contributed by atoms with Gasteiger partial charge in [0.25, 0.3) is 0 Å². The van der Waals surface area contributed by atoms with Gasteiger partial charge in [0.05, 0.1) is 5.56 Å². The van der Waals surface area contributed by atoms with E-state index in [9.17, 15) is 27.2 Å². The van der Waals surface area contributed by atoms with Crippen molar-refractivity contribution in [3.63, 3.8) is 0 Å². The number of amides is 1. The zero-order valence-corrected chi connectivity index (χ0v) is 19.2. The molecule has 3 rings (SSSR count). The van der Waals surface area contributed by atoms with E-state index < -0.39 is 38.6 Å². The van der Waals surface area contributed by atoms with E-state index in [-0.39, 0.29) is 17.0 Å². The van der Waals surface area contributed by atoms with Gasteiger partial charge in [-0.3, -0.25) is 9.59 Å². The van der Waals surface area contributed by atoms with Crippen LogP contribution in [0.3, 0.4) is 0 Å². The topological polar surface area (TPSA) is 110 Å². The molecule has 8 nitrogen and oxygen atoms in total. The Morgan fingerprint density at radius 1 is 1.00 bits per heavy atom. The summed E-state index contributed by atoms with van der Waals surface area (Å²) in [5.41, 5.74) is 0.599. The number of rotatable bonds is 7. The monoisotopic (exact) mass is 476 g/mol. The number of carbonyl (C=O) groups is 3. The second-order valence-electron chi connectivity index (χ2n) is 7.78. The van der Waals surface area contributed by atoms with Crippen LogP contribution < -0.4 is 5.32 Å². The van der Waals surface area contributed by atoms with Gasteiger partial charge < -0.3 is 10.1 Å². The lowest BCUT2D eigenvalue weighted by Gasteiger charge is -2.26. The molecule has 0 aromatic heterocycles. The fourth-order valence-corrected chi connectivity index (χ4v) is 5.12. The molecule has 1 heterocycles. The van der Waals surface area contributed by atoms with Crippen LogP contribution in [-0.4, -0.2) is 49.6 Å². The van der Waals surface area contributed by atoms with E-state index in [2.05, 4.69) is 5.32 Å². The molecule has 1 N–H and O–H groups in total. The molecule has 1 unspecified atom stereocenters. The van der Waals surface area contributed by atoms with Crippen LogP contribution in [0.25, 0.3) is 0 Å². The Hall–Kier alpha value is -3.11. The number of ketones is 1. The average molecular weight is 477 g/mol. The van der Waals surface area contributed by atoms with Crippen LogP contribution in [0.4, 0.5) is 10.1 Å². The van der Waals surface area contributed by atoms with Crippen LogP contribution in [0, 0.1) is 5.82 Å². The Balaban J connectivity index is 1.74. The van der Waals surface area contributed by atoms with Crippen molar-refractivity contribution in [3.05, 3.63) is 59.4 Å². The molecule has 1 aliphatic heterocycles. The van der Waals surface area contributed by atoms with E-state index in [1.165, 1.54) is 30.3 Å². The second kappa shape index (κ2) is 10.2. The normalized spacial score (nSPS) is 15.5. The summed E-state index contributed by atoms with van der Waals surface area (Å²) < 4.78 is 46.5. The Morgan fingerprint density at radius 2 is 1.61 bits per heavy atom. The molecule has 10 heteroatoms. The van der Waals surface area contributed by atoms with Crippen molar-refractivity contribution in [2.45, 2.75) is 44.1 Å². The molecule has 1 saturated heterocycles. The highest BCUT2D eigenvalue weighted by molar-refractivity contribution is 7.89. The maximum absolute atomic E-state index is 14.4. The summed E-state index contributed by atoms with van der Waals surface area (Å²) >= 11 is 0. The van der Waals surface area contributed by atoms with Gasteiger partial charge in [0.2, 0.25) is 21.7 Å². The molecule has 0 radical (unpaired) electrons. The summed E-state index contributed by atoms with van der Waals surface area (Å²) in [7, 11) is -4.10. The van der Waals surface area contributed by atoms with Gasteiger partial charge in [0, 0.05) is 31.3 Å². The lowest BCUT2D eigenvalue weighted by molar-refractivity contribution is -0.114. The largest absolute Gasteiger partial charge is 0.451 e. The number of nitrogens with one attached hydrogen (secondary N) is 1. The van der Waals surface area contributed by atoms with Crippen LogP contribution in [0.1, 0.15) is 53.8 Å². The van der Waals surface area contributed by atoms with E-state index in [1.54, 1.807) is 12.1 Å². The van der Waals surface area contributed by atoms with Crippen molar-refractivity contribution in [2.75, 3.05) is 18.4 Å². The molecule has 0 bridgehead atoms. The number of halogens is 1. The molecular formula is C23H25FN2O6S. The number of piperidine rings is 1. The predicted octanol–water partition coefficient (Wildman–Crippen LogP) is 3.39. The second-order valence-corrected chi connectivity index (χ2v) is 9.69. The Morgan fingerprint density at radius 3 is 2.21 bits per heavy atom. The average Bonchev–Trinajstić information content (AvgIpc) is 2.79. The number of anilines is 1. The summed E-state index contributed by atoms with van der Waals surface area (Å²) in [4.78, 5) is 35.7. The van der Waals surface area contributed by atoms with Crippen molar-refractivity contribution >= 4 is 33.4 Å². The number of ether oxygens (including phenoxy) is 1. The van der Waals surface area contributed by atoms with Crippen LogP contribution >= 0.6 is 0 Å². The SMILES string of the molecule is CC(=O)Nc1ccc(C(=O)C(C)OC(=O)c2ccc(F)c(S(=O)(=O)N3CCCCC3)c2)cc1. The van der Waals surface area contributed by atoms with Gasteiger partial charge in [-0.2, -0.15) is 4.31 Å². The van der Waals surface area contributed by atoms with Gasteiger partial charge in [-0.1, -0.05) is 6.42 Å².